The molecule has 0 aromatic heterocycles. The van der Waals surface area contributed by atoms with Crippen molar-refractivity contribution in [3.63, 3.8) is 0 Å². The van der Waals surface area contributed by atoms with Crippen LogP contribution in [0.1, 0.15) is 17.3 Å². The summed E-state index contributed by atoms with van der Waals surface area (Å²) < 4.78 is 0. The molecule has 1 atom stereocenters. The van der Waals surface area contributed by atoms with Gasteiger partial charge in [0.1, 0.15) is 0 Å². The van der Waals surface area contributed by atoms with E-state index in [-0.39, 0.29) is 6.17 Å². The Labute approximate surface area is 70.6 Å². The van der Waals surface area contributed by atoms with E-state index >= 15 is 0 Å². The van der Waals surface area contributed by atoms with Crippen molar-refractivity contribution in [3.05, 3.63) is 35.4 Å². The molecular formula is C8H10N4. The van der Waals surface area contributed by atoms with Gasteiger partial charge in [0, 0.05) is 0 Å². The number of hydrogen-bond acceptors (Lipinski definition) is 4. The molecule has 0 bridgehead atoms. The summed E-state index contributed by atoms with van der Waals surface area (Å²) in [6.45, 7) is 2.06. The van der Waals surface area contributed by atoms with Gasteiger partial charge in [0.25, 0.3) is 0 Å². The summed E-state index contributed by atoms with van der Waals surface area (Å²) in [6, 6.07) is 8.20. The largest absolute Gasteiger partial charge is 0.222 e. The van der Waals surface area contributed by atoms with Gasteiger partial charge in [0.2, 0.25) is 0 Å². The molecule has 12 heavy (non-hydrogen) atoms. The quantitative estimate of drug-likeness (QED) is 0.657. The summed E-state index contributed by atoms with van der Waals surface area (Å²) in [5.41, 5.74) is 7.87. The van der Waals surface area contributed by atoms with Crippen LogP contribution in [0, 0.1) is 6.92 Å². The molecule has 1 aliphatic heterocycles. The molecule has 0 radical (unpaired) electrons. The zero-order chi connectivity index (χ0) is 8.39. The second-order valence-electron chi connectivity index (χ2n) is 2.78. The highest BCUT2D eigenvalue weighted by Gasteiger charge is 2.11. The predicted molar refractivity (Wildman–Crippen MR) is 45.0 cm³/mol. The monoisotopic (exact) mass is 162 g/mol. The maximum atomic E-state index is 3.94. The third-order valence-corrected chi connectivity index (χ3v) is 1.82. The molecule has 0 saturated carbocycles. The summed E-state index contributed by atoms with van der Waals surface area (Å²) in [5, 5.41) is 7.57. The van der Waals surface area contributed by atoms with Crippen molar-refractivity contribution in [2.75, 3.05) is 0 Å². The summed E-state index contributed by atoms with van der Waals surface area (Å²) in [7, 11) is 0. The molecule has 4 heteroatoms. The molecule has 4 nitrogen and oxygen atoms in total. The highest BCUT2D eigenvalue weighted by atomic mass is 15.7. The number of aryl methyl sites for hydroxylation is 1. The summed E-state index contributed by atoms with van der Waals surface area (Å²) in [5.74, 6) is 0. The van der Waals surface area contributed by atoms with Crippen molar-refractivity contribution < 1.29 is 0 Å². The zero-order valence-electron chi connectivity index (χ0n) is 6.78. The molecule has 1 heterocycles. The van der Waals surface area contributed by atoms with Crippen LogP contribution in [0.5, 0.6) is 0 Å². The Morgan fingerprint density at radius 1 is 1.25 bits per heavy atom. The van der Waals surface area contributed by atoms with Gasteiger partial charge in [0.15, 0.2) is 6.17 Å². The zero-order valence-corrected chi connectivity index (χ0v) is 6.78. The first-order chi connectivity index (χ1) is 5.86. The molecule has 1 aromatic rings. The SMILES string of the molecule is Cc1ccc(C2N=NNN2)cc1. The first kappa shape index (κ1) is 7.24. The standard InChI is InChI=1S/C8H10N4/c1-6-2-4-7(5-3-6)8-9-11-12-10-8/h2-5,8H,1H3,(H,9,12)(H,10,11). The van der Waals surface area contributed by atoms with E-state index in [1.54, 1.807) is 0 Å². The van der Waals surface area contributed by atoms with Gasteiger partial charge in [-0.2, -0.15) is 5.43 Å². The van der Waals surface area contributed by atoms with Crippen LogP contribution in [0.15, 0.2) is 34.6 Å². The van der Waals surface area contributed by atoms with Crippen LogP contribution in [-0.4, -0.2) is 0 Å². The highest BCUT2D eigenvalue weighted by Crippen LogP contribution is 2.16. The lowest BCUT2D eigenvalue weighted by Gasteiger charge is -2.05. The molecule has 1 aromatic carbocycles. The molecule has 0 fully saturated rings. The van der Waals surface area contributed by atoms with E-state index in [4.69, 9.17) is 0 Å². The summed E-state index contributed by atoms with van der Waals surface area (Å²) >= 11 is 0. The lowest BCUT2D eigenvalue weighted by molar-refractivity contribution is 0.552. The molecule has 2 N–H and O–H groups in total. The van der Waals surface area contributed by atoms with Gasteiger partial charge in [0.05, 0.1) is 0 Å². The first-order valence-corrected chi connectivity index (χ1v) is 3.83. The van der Waals surface area contributed by atoms with Crippen LogP contribution in [0.2, 0.25) is 0 Å². The fourth-order valence-electron chi connectivity index (χ4n) is 1.10. The Morgan fingerprint density at radius 3 is 2.58 bits per heavy atom. The minimum atomic E-state index is -0.0365. The summed E-state index contributed by atoms with van der Waals surface area (Å²) in [6.07, 6.45) is -0.0365. The lowest BCUT2D eigenvalue weighted by atomic mass is 10.1. The number of nitrogens with zero attached hydrogens (tertiary/aromatic N) is 2. The van der Waals surface area contributed by atoms with E-state index in [0.29, 0.717) is 0 Å². The smallest absolute Gasteiger partial charge is 0.166 e. The molecule has 1 aliphatic rings. The maximum Gasteiger partial charge on any atom is 0.166 e. The van der Waals surface area contributed by atoms with Gasteiger partial charge >= 0.3 is 0 Å². The molecule has 0 spiro atoms. The van der Waals surface area contributed by atoms with Crippen LogP contribution in [-0.2, 0) is 0 Å². The van der Waals surface area contributed by atoms with Crippen LogP contribution < -0.4 is 11.0 Å². The molecule has 0 saturated heterocycles. The maximum absolute atomic E-state index is 3.94. The average Bonchev–Trinajstić information content (AvgIpc) is 2.58. The van der Waals surface area contributed by atoms with E-state index < -0.39 is 0 Å². The lowest BCUT2D eigenvalue weighted by Crippen LogP contribution is -2.23. The summed E-state index contributed by atoms with van der Waals surface area (Å²) in [4.78, 5) is 0. The van der Waals surface area contributed by atoms with E-state index in [9.17, 15) is 0 Å². The Hall–Kier alpha value is -1.42. The number of benzene rings is 1. The molecule has 62 valence electrons. The minimum absolute atomic E-state index is 0.0365. The average molecular weight is 162 g/mol. The Balaban J connectivity index is 2.23. The molecule has 0 aliphatic carbocycles. The molecule has 2 rings (SSSR count). The number of nitrogens with one attached hydrogen (secondary N) is 2. The fourth-order valence-corrected chi connectivity index (χ4v) is 1.10. The van der Waals surface area contributed by atoms with Gasteiger partial charge in [-0.1, -0.05) is 35.1 Å². The molecule has 0 amide bonds. The Bertz CT molecular complexity index is 290. The number of rotatable bonds is 1. The topological polar surface area (TPSA) is 48.8 Å². The van der Waals surface area contributed by atoms with Crippen molar-refractivity contribution in [1.29, 1.82) is 0 Å². The van der Waals surface area contributed by atoms with E-state index in [2.05, 4.69) is 40.4 Å². The minimum Gasteiger partial charge on any atom is -0.222 e. The molecular weight excluding hydrogens is 152 g/mol. The predicted octanol–water partition coefficient (Wildman–Crippen LogP) is 1.47. The van der Waals surface area contributed by atoms with Crippen molar-refractivity contribution in [1.82, 2.24) is 11.0 Å². The van der Waals surface area contributed by atoms with Crippen molar-refractivity contribution in [2.24, 2.45) is 10.3 Å². The van der Waals surface area contributed by atoms with Gasteiger partial charge < -0.3 is 0 Å². The van der Waals surface area contributed by atoms with Gasteiger partial charge in [-0.25, -0.2) is 5.53 Å². The van der Waals surface area contributed by atoms with Crippen LogP contribution >= 0.6 is 0 Å². The van der Waals surface area contributed by atoms with Crippen molar-refractivity contribution in [3.8, 4) is 0 Å². The second kappa shape index (κ2) is 2.91. The van der Waals surface area contributed by atoms with Crippen LogP contribution in [0.4, 0.5) is 0 Å². The van der Waals surface area contributed by atoms with Gasteiger partial charge in [-0.15, -0.1) is 5.11 Å². The third-order valence-electron chi connectivity index (χ3n) is 1.82. The Morgan fingerprint density at radius 2 is 2.00 bits per heavy atom. The highest BCUT2D eigenvalue weighted by molar-refractivity contribution is 5.23. The van der Waals surface area contributed by atoms with Crippen LogP contribution in [0.3, 0.4) is 0 Å². The second-order valence-corrected chi connectivity index (χ2v) is 2.78. The van der Waals surface area contributed by atoms with Crippen LogP contribution in [0.25, 0.3) is 0 Å². The first-order valence-electron chi connectivity index (χ1n) is 3.83. The normalized spacial score (nSPS) is 20.9. The number of hydrazine groups is 1. The van der Waals surface area contributed by atoms with E-state index in [0.717, 1.165) is 5.56 Å². The Kier molecular flexibility index (Phi) is 1.75. The molecule has 1 unspecified atom stereocenters. The van der Waals surface area contributed by atoms with Crippen molar-refractivity contribution in [2.45, 2.75) is 13.1 Å². The van der Waals surface area contributed by atoms with Gasteiger partial charge in [-0.05, 0) is 12.5 Å². The van der Waals surface area contributed by atoms with E-state index in [1.807, 2.05) is 12.1 Å². The van der Waals surface area contributed by atoms with Crippen molar-refractivity contribution >= 4 is 0 Å². The third kappa shape index (κ3) is 1.29. The van der Waals surface area contributed by atoms with E-state index in [1.165, 1.54) is 5.56 Å². The fraction of sp³-hybridized carbons (Fsp3) is 0.250. The number of hydrogen-bond donors (Lipinski definition) is 2. The van der Waals surface area contributed by atoms with Gasteiger partial charge in [-0.3, -0.25) is 0 Å².